The first-order chi connectivity index (χ1) is 10.3. The smallest absolute Gasteiger partial charge is 0.0701 e. The van der Waals surface area contributed by atoms with E-state index in [-0.39, 0.29) is 0 Å². The molecule has 0 saturated heterocycles. The van der Waals surface area contributed by atoms with Gasteiger partial charge in [0.15, 0.2) is 0 Å². The summed E-state index contributed by atoms with van der Waals surface area (Å²) in [7, 11) is 0. The lowest BCUT2D eigenvalue weighted by Gasteiger charge is -2.09. The monoisotopic (exact) mass is 323 g/mol. The minimum Gasteiger partial charge on any atom is -0.379 e. The normalized spacial score (nSPS) is 12.7. The van der Waals surface area contributed by atoms with Gasteiger partial charge in [-0.3, -0.25) is 0 Å². The number of hydrogen-bond donors (Lipinski definition) is 1. The van der Waals surface area contributed by atoms with Crippen LogP contribution in [0.5, 0.6) is 0 Å². The molecule has 0 aromatic rings. The van der Waals surface area contributed by atoms with Gasteiger partial charge in [0.25, 0.3) is 0 Å². The van der Waals surface area contributed by atoms with Crippen LogP contribution in [0.3, 0.4) is 0 Å². The number of nitrogens with one attached hydrogen (secondary N) is 1. The van der Waals surface area contributed by atoms with Crippen LogP contribution in [0.15, 0.2) is 0 Å². The summed E-state index contributed by atoms with van der Waals surface area (Å²) in [5.41, 5.74) is 0. The number of hydrogen-bond acceptors (Lipinski definition) is 4. The molecule has 21 heavy (non-hydrogen) atoms. The molecule has 0 saturated carbocycles. The molecule has 0 spiro atoms. The predicted octanol–water partition coefficient (Wildman–Crippen LogP) is 3.08. The summed E-state index contributed by atoms with van der Waals surface area (Å²) in [6.45, 7) is 10.5. The Kier molecular flexibility index (Phi) is 18.3. The minimum absolute atomic E-state index is 0.618. The van der Waals surface area contributed by atoms with E-state index in [0.717, 1.165) is 38.6 Å². The molecule has 0 aliphatic heterocycles. The Hall–Kier alpha value is 0.130. The summed E-state index contributed by atoms with van der Waals surface area (Å²) in [5.74, 6) is 1.38. The fourth-order valence-corrected chi connectivity index (χ4v) is 1.86. The first kappa shape index (κ1) is 21.1. The predicted molar refractivity (Wildman–Crippen MR) is 89.4 cm³/mol. The number of alkyl halides is 1. The Morgan fingerprint density at radius 1 is 0.857 bits per heavy atom. The van der Waals surface area contributed by atoms with E-state index in [1.807, 2.05) is 0 Å². The van der Waals surface area contributed by atoms with Crippen LogP contribution in [-0.4, -0.2) is 58.6 Å². The Morgan fingerprint density at radius 2 is 1.48 bits per heavy atom. The van der Waals surface area contributed by atoms with Crippen LogP contribution >= 0.6 is 11.6 Å². The molecule has 5 heteroatoms. The first-order valence-electron chi connectivity index (χ1n) is 8.31. The Morgan fingerprint density at radius 3 is 2.10 bits per heavy atom. The molecule has 0 bridgehead atoms. The second-order valence-corrected chi connectivity index (χ2v) is 5.65. The highest BCUT2D eigenvalue weighted by Crippen LogP contribution is 2.05. The lowest BCUT2D eigenvalue weighted by atomic mass is 10.1. The molecular formula is C16H34ClNO3. The van der Waals surface area contributed by atoms with Gasteiger partial charge in [-0.15, -0.1) is 11.6 Å². The van der Waals surface area contributed by atoms with E-state index in [9.17, 15) is 0 Å². The minimum atomic E-state index is 0.618. The van der Waals surface area contributed by atoms with E-state index in [0.29, 0.717) is 32.3 Å². The lowest BCUT2D eigenvalue weighted by molar-refractivity contribution is 0.0146. The zero-order chi connectivity index (χ0) is 15.6. The number of unbranched alkanes of at least 4 members (excludes halogenated alkanes) is 1. The largest absolute Gasteiger partial charge is 0.379 e. The van der Waals surface area contributed by atoms with Gasteiger partial charge in [0.2, 0.25) is 0 Å². The Balaban J connectivity index is 2.96. The molecular weight excluding hydrogens is 290 g/mol. The molecule has 1 N–H and O–H groups in total. The van der Waals surface area contributed by atoms with Gasteiger partial charge in [0.05, 0.1) is 33.0 Å². The van der Waals surface area contributed by atoms with E-state index < -0.39 is 0 Å². The molecule has 0 aromatic carbocycles. The van der Waals surface area contributed by atoms with Gasteiger partial charge in [-0.2, -0.15) is 0 Å². The third kappa shape index (κ3) is 18.1. The van der Waals surface area contributed by atoms with Gasteiger partial charge in [0, 0.05) is 19.0 Å². The van der Waals surface area contributed by atoms with Crippen LogP contribution in [0.4, 0.5) is 0 Å². The summed E-state index contributed by atoms with van der Waals surface area (Å²) in [4.78, 5) is 0. The maximum absolute atomic E-state index is 5.76. The molecule has 0 radical (unpaired) electrons. The number of halogens is 1. The molecule has 0 fully saturated rings. The standard InChI is InChI=1S/C16H34ClNO3/c1-3-4-9-19-11-13-21-14-12-20-10-8-18-7-5-6-16(2)15-17/h16,18H,3-15H2,1-2H3. The molecule has 0 aliphatic carbocycles. The fraction of sp³-hybridized carbons (Fsp3) is 1.00. The van der Waals surface area contributed by atoms with E-state index in [1.54, 1.807) is 0 Å². The van der Waals surface area contributed by atoms with Crippen molar-refractivity contribution in [2.24, 2.45) is 5.92 Å². The van der Waals surface area contributed by atoms with Crippen LogP contribution in [0, 0.1) is 5.92 Å². The molecule has 0 aliphatic rings. The van der Waals surface area contributed by atoms with Crippen molar-refractivity contribution in [2.75, 3.05) is 58.6 Å². The summed E-state index contributed by atoms with van der Waals surface area (Å²) in [6.07, 6.45) is 4.66. The highest BCUT2D eigenvalue weighted by Gasteiger charge is 1.98. The number of ether oxygens (including phenoxy) is 3. The summed E-state index contributed by atoms with van der Waals surface area (Å²) in [6, 6.07) is 0. The third-order valence-electron chi connectivity index (χ3n) is 3.12. The highest BCUT2D eigenvalue weighted by molar-refractivity contribution is 6.18. The molecule has 0 rings (SSSR count). The molecule has 4 nitrogen and oxygen atoms in total. The van der Waals surface area contributed by atoms with Crippen LogP contribution in [-0.2, 0) is 14.2 Å². The van der Waals surface area contributed by atoms with Gasteiger partial charge in [-0.25, -0.2) is 0 Å². The van der Waals surface area contributed by atoms with Crippen molar-refractivity contribution in [2.45, 2.75) is 39.5 Å². The average Bonchev–Trinajstić information content (AvgIpc) is 2.50. The van der Waals surface area contributed by atoms with Crippen molar-refractivity contribution in [1.82, 2.24) is 5.32 Å². The zero-order valence-corrected chi connectivity index (χ0v) is 14.6. The Labute approximate surface area is 135 Å². The first-order valence-corrected chi connectivity index (χ1v) is 8.84. The number of rotatable bonds is 17. The highest BCUT2D eigenvalue weighted by atomic mass is 35.5. The van der Waals surface area contributed by atoms with Crippen LogP contribution in [0.1, 0.15) is 39.5 Å². The van der Waals surface area contributed by atoms with Gasteiger partial charge < -0.3 is 19.5 Å². The van der Waals surface area contributed by atoms with Crippen molar-refractivity contribution in [3.8, 4) is 0 Å². The van der Waals surface area contributed by atoms with Crippen molar-refractivity contribution in [1.29, 1.82) is 0 Å². The second kappa shape index (κ2) is 18.2. The molecule has 1 unspecified atom stereocenters. The van der Waals surface area contributed by atoms with E-state index in [4.69, 9.17) is 25.8 Å². The Bertz CT molecular complexity index is 196. The molecule has 1 atom stereocenters. The zero-order valence-electron chi connectivity index (χ0n) is 13.9. The second-order valence-electron chi connectivity index (χ2n) is 5.34. The lowest BCUT2D eigenvalue weighted by Crippen LogP contribution is -2.22. The van der Waals surface area contributed by atoms with Crippen LogP contribution in [0.2, 0.25) is 0 Å². The van der Waals surface area contributed by atoms with Crippen molar-refractivity contribution < 1.29 is 14.2 Å². The summed E-state index contributed by atoms with van der Waals surface area (Å²) < 4.78 is 16.3. The van der Waals surface area contributed by atoms with Gasteiger partial charge in [-0.1, -0.05) is 20.3 Å². The summed E-state index contributed by atoms with van der Waals surface area (Å²) >= 11 is 5.76. The maximum atomic E-state index is 5.76. The fourth-order valence-electron chi connectivity index (χ4n) is 1.71. The quantitative estimate of drug-likeness (QED) is 0.330. The SMILES string of the molecule is CCCCOCCOCCOCCNCCCC(C)CCl. The van der Waals surface area contributed by atoms with Gasteiger partial charge in [0.1, 0.15) is 0 Å². The average molecular weight is 324 g/mol. The van der Waals surface area contributed by atoms with E-state index >= 15 is 0 Å². The molecule has 0 amide bonds. The van der Waals surface area contributed by atoms with Crippen molar-refractivity contribution in [3.05, 3.63) is 0 Å². The molecule has 0 heterocycles. The van der Waals surface area contributed by atoms with Gasteiger partial charge in [-0.05, 0) is 31.7 Å². The molecule has 128 valence electrons. The summed E-state index contributed by atoms with van der Waals surface area (Å²) in [5, 5.41) is 3.37. The van der Waals surface area contributed by atoms with Gasteiger partial charge >= 0.3 is 0 Å². The van der Waals surface area contributed by atoms with Crippen LogP contribution < -0.4 is 5.32 Å². The van der Waals surface area contributed by atoms with Crippen LogP contribution in [0.25, 0.3) is 0 Å². The maximum Gasteiger partial charge on any atom is 0.0701 e. The van der Waals surface area contributed by atoms with Crippen molar-refractivity contribution in [3.63, 3.8) is 0 Å². The van der Waals surface area contributed by atoms with E-state index in [1.165, 1.54) is 19.3 Å². The van der Waals surface area contributed by atoms with E-state index in [2.05, 4.69) is 19.2 Å². The van der Waals surface area contributed by atoms with Crippen molar-refractivity contribution >= 4 is 11.6 Å². The molecule has 0 aromatic heterocycles. The third-order valence-corrected chi connectivity index (χ3v) is 3.65. The topological polar surface area (TPSA) is 39.7 Å².